The summed E-state index contributed by atoms with van der Waals surface area (Å²) in [7, 11) is 0. The van der Waals surface area contributed by atoms with Gasteiger partial charge in [-0.2, -0.15) is 0 Å². The van der Waals surface area contributed by atoms with E-state index in [4.69, 9.17) is 0 Å². The molecule has 1 atom stereocenters. The van der Waals surface area contributed by atoms with Crippen LogP contribution in [-0.4, -0.2) is 11.5 Å². The lowest BCUT2D eigenvalue weighted by Crippen LogP contribution is -2.24. The summed E-state index contributed by atoms with van der Waals surface area (Å²) in [5, 5.41) is 3.50. The number of nitrogens with zero attached hydrogens (tertiary/aromatic N) is 1. The normalized spacial score (nSPS) is 12.4. The molecule has 0 aliphatic heterocycles. The molecule has 0 bridgehead atoms. The molecule has 0 saturated heterocycles. The minimum atomic E-state index is -0.160. The number of aryl methyl sites for hydroxylation is 1. The lowest BCUT2D eigenvalue weighted by Gasteiger charge is -2.20. The molecule has 0 radical (unpaired) electrons. The van der Waals surface area contributed by atoms with Gasteiger partial charge in [0.05, 0.1) is 0 Å². The van der Waals surface area contributed by atoms with Crippen molar-refractivity contribution in [2.75, 3.05) is 6.54 Å². The van der Waals surface area contributed by atoms with E-state index in [2.05, 4.69) is 39.2 Å². The molecule has 2 nitrogen and oxygen atoms in total. The third-order valence-electron chi connectivity index (χ3n) is 3.40. The van der Waals surface area contributed by atoms with Gasteiger partial charge in [-0.05, 0) is 67.8 Å². The average molecular weight is 351 g/mol. The maximum Gasteiger partial charge on any atom is 0.126 e. The van der Waals surface area contributed by atoms with Crippen LogP contribution in [0.5, 0.6) is 0 Å². The van der Waals surface area contributed by atoms with Gasteiger partial charge in [-0.25, -0.2) is 4.39 Å². The molecule has 2 rings (SSSR count). The van der Waals surface area contributed by atoms with Crippen molar-refractivity contribution >= 4 is 15.9 Å². The van der Waals surface area contributed by atoms with Crippen molar-refractivity contribution in [3.63, 3.8) is 0 Å². The lowest BCUT2D eigenvalue weighted by molar-refractivity contribution is 0.512. The molecule has 0 fully saturated rings. The van der Waals surface area contributed by atoms with Gasteiger partial charge in [0.25, 0.3) is 0 Å². The average Bonchev–Trinajstić information content (AvgIpc) is 2.47. The van der Waals surface area contributed by atoms with Gasteiger partial charge >= 0.3 is 0 Å². The fourth-order valence-corrected chi connectivity index (χ4v) is 2.74. The number of nitrogens with one attached hydrogen (secondary N) is 1. The van der Waals surface area contributed by atoms with Crippen LogP contribution >= 0.6 is 15.9 Å². The van der Waals surface area contributed by atoms with Gasteiger partial charge in [0.2, 0.25) is 0 Å². The highest BCUT2D eigenvalue weighted by molar-refractivity contribution is 9.10. The maximum absolute atomic E-state index is 14.0. The minimum Gasteiger partial charge on any atom is -0.310 e. The molecule has 1 heterocycles. The molecule has 112 valence electrons. The highest BCUT2D eigenvalue weighted by Gasteiger charge is 2.14. The molecule has 0 aliphatic rings. The molecule has 2 aromatic rings. The first-order valence-corrected chi connectivity index (χ1v) is 7.99. The quantitative estimate of drug-likeness (QED) is 0.824. The smallest absolute Gasteiger partial charge is 0.126 e. The zero-order chi connectivity index (χ0) is 15.2. The first kappa shape index (κ1) is 16.1. The zero-order valence-electron chi connectivity index (χ0n) is 12.4. The second kappa shape index (κ2) is 7.66. The Morgan fingerprint density at radius 3 is 2.81 bits per heavy atom. The molecule has 0 amide bonds. The number of halogens is 2. The summed E-state index contributed by atoms with van der Waals surface area (Å²) >= 11 is 3.41. The van der Waals surface area contributed by atoms with Crippen molar-refractivity contribution in [1.29, 1.82) is 0 Å². The van der Waals surface area contributed by atoms with Crippen molar-refractivity contribution in [2.24, 2.45) is 0 Å². The van der Waals surface area contributed by atoms with Gasteiger partial charge in [-0.3, -0.25) is 4.98 Å². The van der Waals surface area contributed by atoms with Gasteiger partial charge < -0.3 is 5.32 Å². The summed E-state index contributed by atoms with van der Waals surface area (Å²) < 4.78 is 14.9. The van der Waals surface area contributed by atoms with E-state index in [0.29, 0.717) is 12.0 Å². The predicted molar refractivity (Wildman–Crippen MR) is 87.8 cm³/mol. The Labute approximate surface area is 133 Å². The Morgan fingerprint density at radius 2 is 2.10 bits per heavy atom. The van der Waals surface area contributed by atoms with Crippen molar-refractivity contribution in [2.45, 2.75) is 32.7 Å². The van der Waals surface area contributed by atoms with Crippen LogP contribution in [0.25, 0.3) is 0 Å². The van der Waals surface area contributed by atoms with Crippen LogP contribution in [0.2, 0.25) is 0 Å². The van der Waals surface area contributed by atoms with Crippen LogP contribution in [0, 0.1) is 12.7 Å². The fraction of sp³-hybridized carbons (Fsp3) is 0.353. The molecule has 0 saturated carbocycles. The van der Waals surface area contributed by atoms with E-state index >= 15 is 0 Å². The van der Waals surface area contributed by atoms with E-state index < -0.39 is 0 Å². The predicted octanol–water partition coefficient (Wildman–Crippen LogP) is 4.58. The monoisotopic (exact) mass is 350 g/mol. The van der Waals surface area contributed by atoms with Crippen molar-refractivity contribution < 1.29 is 4.39 Å². The molecule has 4 heteroatoms. The second-order valence-corrected chi connectivity index (χ2v) is 6.09. The van der Waals surface area contributed by atoms with Crippen LogP contribution in [0.1, 0.15) is 36.2 Å². The molecule has 1 unspecified atom stereocenters. The Bertz CT molecular complexity index is 601. The first-order chi connectivity index (χ1) is 10.1. The fourth-order valence-electron chi connectivity index (χ4n) is 2.33. The number of rotatable bonds is 6. The largest absolute Gasteiger partial charge is 0.310 e. The summed E-state index contributed by atoms with van der Waals surface area (Å²) in [6, 6.07) is 9.23. The lowest BCUT2D eigenvalue weighted by atomic mass is 9.98. The van der Waals surface area contributed by atoms with Gasteiger partial charge in [0.1, 0.15) is 5.82 Å². The van der Waals surface area contributed by atoms with Gasteiger partial charge in [0.15, 0.2) is 0 Å². The molecule has 1 aromatic heterocycles. The van der Waals surface area contributed by atoms with Crippen molar-refractivity contribution in [3.8, 4) is 0 Å². The van der Waals surface area contributed by atoms with E-state index in [0.717, 1.165) is 28.7 Å². The highest BCUT2D eigenvalue weighted by atomic mass is 79.9. The summed E-state index contributed by atoms with van der Waals surface area (Å²) in [6.45, 7) is 5.00. The summed E-state index contributed by atoms with van der Waals surface area (Å²) in [5.74, 6) is -0.160. The van der Waals surface area contributed by atoms with Gasteiger partial charge in [-0.1, -0.05) is 22.9 Å². The molecular weight excluding hydrogens is 331 g/mol. The molecule has 0 spiro atoms. The minimum absolute atomic E-state index is 0.0930. The van der Waals surface area contributed by atoms with E-state index in [-0.39, 0.29) is 11.9 Å². The van der Waals surface area contributed by atoms with Crippen LogP contribution in [0.15, 0.2) is 41.0 Å². The van der Waals surface area contributed by atoms with Crippen molar-refractivity contribution in [1.82, 2.24) is 10.3 Å². The van der Waals surface area contributed by atoms with E-state index in [1.165, 1.54) is 6.07 Å². The number of pyridine rings is 1. The van der Waals surface area contributed by atoms with Crippen LogP contribution in [0.4, 0.5) is 4.39 Å². The number of benzene rings is 1. The van der Waals surface area contributed by atoms with Gasteiger partial charge in [0, 0.05) is 22.4 Å². The number of aromatic nitrogens is 1. The Morgan fingerprint density at radius 1 is 1.29 bits per heavy atom. The molecule has 1 aromatic carbocycles. The second-order valence-electron chi connectivity index (χ2n) is 5.18. The molecular formula is C17H20BrFN2. The van der Waals surface area contributed by atoms with Crippen LogP contribution in [-0.2, 0) is 6.42 Å². The molecule has 21 heavy (non-hydrogen) atoms. The number of hydrogen-bond donors (Lipinski definition) is 1. The third-order valence-corrected chi connectivity index (χ3v) is 3.89. The summed E-state index contributed by atoms with van der Waals surface area (Å²) in [4.78, 5) is 4.23. The Kier molecular flexibility index (Phi) is 5.88. The number of hydrogen-bond acceptors (Lipinski definition) is 2. The van der Waals surface area contributed by atoms with Crippen molar-refractivity contribution in [3.05, 3.63) is 63.6 Å². The zero-order valence-corrected chi connectivity index (χ0v) is 14.0. The third kappa shape index (κ3) is 4.61. The molecule has 0 aliphatic carbocycles. The Hall–Kier alpha value is -1.26. The van der Waals surface area contributed by atoms with Crippen LogP contribution < -0.4 is 5.32 Å². The SMILES string of the molecule is CCCNC(Cc1cc(Br)ccc1F)c1ccnc(C)c1. The van der Waals surface area contributed by atoms with Crippen LogP contribution in [0.3, 0.4) is 0 Å². The Balaban J connectivity index is 2.25. The molecule has 1 N–H and O–H groups in total. The van der Waals surface area contributed by atoms with E-state index in [9.17, 15) is 4.39 Å². The summed E-state index contributed by atoms with van der Waals surface area (Å²) in [6.07, 6.45) is 3.47. The summed E-state index contributed by atoms with van der Waals surface area (Å²) in [5.41, 5.74) is 2.84. The van der Waals surface area contributed by atoms with E-state index in [1.54, 1.807) is 6.07 Å². The van der Waals surface area contributed by atoms with E-state index in [1.807, 2.05) is 25.3 Å². The maximum atomic E-state index is 14.0. The highest BCUT2D eigenvalue weighted by Crippen LogP contribution is 2.23. The first-order valence-electron chi connectivity index (χ1n) is 7.20. The van der Waals surface area contributed by atoms with Gasteiger partial charge in [-0.15, -0.1) is 0 Å². The topological polar surface area (TPSA) is 24.9 Å². The standard InChI is InChI=1S/C17H20BrFN2/c1-3-7-21-17(13-6-8-20-12(2)9-13)11-14-10-15(18)4-5-16(14)19/h4-6,8-10,17,21H,3,7,11H2,1-2H3.